The van der Waals surface area contributed by atoms with Gasteiger partial charge in [0.2, 0.25) is 10.0 Å². The molecule has 0 aliphatic carbocycles. The summed E-state index contributed by atoms with van der Waals surface area (Å²) in [6, 6.07) is 17.6. The summed E-state index contributed by atoms with van der Waals surface area (Å²) in [7, 11) is -1.94. The van der Waals surface area contributed by atoms with Gasteiger partial charge in [0.1, 0.15) is 5.76 Å². The minimum Gasteiger partial charge on any atom is -0.468 e. The van der Waals surface area contributed by atoms with Crippen LogP contribution in [0.2, 0.25) is 0 Å². The first kappa shape index (κ1) is 22.1. The molecule has 3 aromatic rings. The fourth-order valence-electron chi connectivity index (χ4n) is 3.90. The van der Waals surface area contributed by atoms with Crippen LogP contribution in [-0.4, -0.2) is 39.4 Å². The molecule has 8 heteroatoms. The van der Waals surface area contributed by atoms with E-state index in [9.17, 15) is 13.2 Å². The second-order valence-electron chi connectivity index (χ2n) is 7.91. The molecular weight excluding hydrogens is 426 g/mol. The Morgan fingerprint density at radius 1 is 1.03 bits per heavy atom. The van der Waals surface area contributed by atoms with Crippen molar-refractivity contribution in [2.45, 2.75) is 30.8 Å². The molecule has 1 saturated heterocycles. The lowest BCUT2D eigenvalue weighted by Gasteiger charge is -2.24. The van der Waals surface area contributed by atoms with E-state index in [0.717, 1.165) is 18.7 Å². The van der Waals surface area contributed by atoms with Crippen LogP contribution in [0.5, 0.6) is 0 Å². The first-order valence-electron chi connectivity index (χ1n) is 10.6. The van der Waals surface area contributed by atoms with Gasteiger partial charge in [-0.25, -0.2) is 13.1 Å². The van der Waals surface area contributed by atoms with Crippen LogP contribution in [0.1, 0.15) is 34.5 Å². The van der Waals surface area contributed by atoms with Gasteiger partial charge in [-0.15, -0.1) is 0 Å². The molecule has 0 unspecified atom stereocenters. The van der Waals surface area contributed by atoms with E-state index >= 15 is 0 Å². The number of nitrogens with one attached hydrogen (secondary N) is 1. The Hall–Kier alpha value is -3.10. The molecule has 32 heavy (non-hydrogen) atoms. The predicted octanol–water partition coefficient (Wildman–Crippen LogP) is 3.63. The van der Waals surface area contributed by atoms with Crippen molar-refractivity contribution >= 4 is 21.6 Å². The smallest absolute Gasteiger partial charge is 0.253 e. The molecule has 1 N–H and O–H groups in total. The van der Waals surface area contributed by atoms with Crippen LogP contribution >= 0.6 is 0 Å². The molecule has 0 bridgehead atoms. The maximum absolute atomic E-state index is 13.0. The molecule has 4 rings (SSSR count). The minimum atomic E-state index is -3.70. The van der Waals surface area contributed by atoms with Gasteiger partial charge in [-0.05, 0) is 60.9 Å². The lowest BCUT2D eigenvalue weighted by molar-refractivity contribution is 0.0785. The summed E-state index contributed by atoms with van der Waals surface area (Å²) in [4.78, 5) is 17.1. The van der Waals surface area contributed by atoms with Gasteiger partial charge in [-0.1, -0.05) is 18.2 Å². The van der Waals surface area contributed by atoms with Crippen molar-refractivity contribution in [1.29, 1.82) is 0 Å². The molecule has 1 aliphatic rings. The van der Waals surface area contributed by atoms with Gasteiger partial charge in [0.25, 0.3) is 5.91 Å². The monoisotopic (exact) mass is 453 g/mol. The summed E-state index contributed by atoms with van der Waals surface area (Å²) < 4.78 is 32.6. The van der Waals surface area contributed by atoms with E-state index in [1.54, 1.807) is 36.2 Å². The van der Waals surface area contributed by atoms with E-state index in [1.165, 1.54) is 36.9 Å². The number of sulfonamides is 1. The van der Waals surface area contributed by atoms with Crippen molar-refractivity contribution in [3.05, 3.63) is 83.8 Å². The van der Waals surface area contributed by atoms with Crippen LogP contribution in [0.25, 0.3) is 0 Å². The molecule has 0 spiro atoms. The molecule has 1 fully saturated rings. The number of rotatable bonds is 8. The van der Waals surface area contributed by atoms with Crippen LogP contribution in [-0.2, 0) is 23.1 Å². The number of amides is 1. The van der Waals surface area contributed by atoms with Crippen LogP contribution in [0, 0.1) is 0 Å². The molecule has 1 aromatic heterocycles. The SMILES string of the molecule is CN(Cc1ccccc1N1CCCC1)C(=O)c1ccc(S(=O)(=O)NCc2ccco2)cc1. The van der Waals surface area contributed by atoms with Crippen molar-refractivity contribution < 1.29 is 17.6 Å². The highest BCUT2D eigenvalue weighted by atomic mass is 32.2. The molecule has 1 amide bonds. The normalized spacial score (nSPS) is 14.0. The Morgan fingerprint density at radius 3 is 2.44 bits per heavy atom. The van der Waals surface area contributed by atoms with Gasteiger partial charge < -0.3 is 14.2 Å². The third-order valence-corrected chi connectivity index (χ3v) is 7.04. The second-order valence-corrected chi connectivity index (χ2v) is 9.68. The Bertz CT molecular complexity index is 1150. The second kappa shape index (κ2) is 9.58. The lowest BCUT2D eigenvalue weighted by Crippen LogP contribution is -2.28. The molecular formula is C24H27N3O4S. The summed E-state index contributed by atoms with van der Waals surface area (Å²) in [5, 5.41) is 0. The van der Waals surface area contributed by atoms with Crippen LogP contribution in [0.15, 0.2) is 76.2 Å². The number of hydrogen-bond donors (Lipinski definition) is 1. The molecule has 0 atom stereocenters. The van der Waals surface area contributed by atoms with Gasteiger partial charge in [-0.3, -0.25) is 4.79 Å². The molecule has 2 heterocycles. The third kappa shape index (κ3) is 5.03. The Morgan fingerprint density at radius 2 is 1.75 bits per heavy atom. The van der Waals surface area contributed by atoms with Crippen molar-refractivity contribution in [2.24, 2.45) is 0 Å². The molecule has 1 aliphatic heterocycles. The van der Waals surface area contributed by atoms with Crippen LogP contribution in [0.4, 0.5) is 5.69 Å². The third-order valence-electron chi connectivity index (χ3n) is 5.62. The maximum atomic E-state index is 13.0. The molecule has 168 valence electrons. The summed E-state index contributed by atoms with van der Waals surface area (Å²) in [6.45, 7) is 2.63. The zero-order valence-corrected chi connectivity index (χ0v) is 18.8. The highest BCUT2D eigenvalue weighted by molar-refractivity contribution is 7.89. The van der Waals surface area contributed by atoms with E-state index in [-0.39, 0.29) is 17.3 Å². The Labute approximate surface area is 188 Å². The molecule has 7 nitrogen and oxygen atoms in total. The van der Waals surface area contributed by atoms with E-state index in [1.807, 2.05) is 12.1 Å². The first-order chi connectivity index (χ1) is 15.4. The lowest BCUT2D eigenvalue weighted by atomic mass is 10.1. The average Bonchev–Trinajstić information content (AvgIpc) is 3.52. The maximum Gasteiger partial charge on any atom is 0.253 e. The fraction of sp³-hybridized carbons (Fsp3) is 0.292. The quantitative estimate of drug-likeness (QED) is 0.563. The van der Waals surface area contributed by atoms with Gasteiger partial charge >= 0.3 is 0 Å². The van der Waals surface area contributed by atoms with E-state index < -0.39 is 10.0 Å². The van der Waals surface area contributed by atoms with E-state index in [2.05, 4.69) is 21.8 Å². The van der Waals surface area contributed by atoms with Crippen molar-refractivity contribution in [2.75, 3.05) is 25.0 Å². The van der Waals surface area contributed by atoms with Crippen molar-refractivity contribution in [3.63, 3.8) is 0 Å². The zero-order chi connectivity index (χ0) is 22.6. The number of anilines is 1. The number of furan rings is 1. The predicted molar refractivity (Wildman–Crippen MR) is 123 cm³/mol. The standard InChI is InChI=1S/C24H27N3O4S/c1-26(18-20-7-2-3-9-23(20)27-14-4-5-15-27)24(28)19-10-12-22(13-11-19)32(29,30)25-17-21-8-6-16-31-21/h2-3,6-13,16,25H,4-5,14-15,17-18H2,1H3. The van der Waals surface area contributed by atoms with Crippen LogP contribution in [0.3, 0.4) is 0 Å². The number of benzene rings is 2. The summed E-state index contributed by atoms with van der Waals surface area (Å²) in [5.41, 5.74) is 2.72. The Balaban J connectivity index is 1.42. The van der Waals surface area contributed by atoms with E-state index in [4.69, 9.17) is 4.42 Å². The topological polar surface area (TPSA) is 82.9 Å². The number of carbonyl (C=O) groups is 1. The minimum absolute atomic E-state index is 0.0647. The highest BCUT2D eigenvalue weighted by Crippen LogP contribution is 2.26. The molecule has 2 aromatic carbocycles. The van der Waals surface area contributed by atoms with Gasteiger partial charge in [0, 0.05) is 37.9 Å². The Kier molecular flexibility index (Phi) is 6.62. The number of hydrogen-bond acceptors (Lipinski definition) is 5. The van der Waals surface area contributed by atoms with Gasteiger partial charge in [0.15, 0.2) is 0 Å². The van der Waals surface area contributed by atoms with E-state index in [0.29, 0.717) is 17.9 Å². The molecule has 0 radical (unpaired) electrons. The fourth-order valence-corrected chi connectivity index (χ4v) is 4.89. The van der Waals surface area contributed by atoms with Gasteiger partial charge in [-0.2, -0.15) is 0 Å². The van der Waals surface area contributed by atoms with Crippen LogP contribution < -0.4 is 9.62 Å². The highest BCUT2D eigenvalue weighted by Gasteiger charge is 2.20. The first-order valence-corrected chi connectivity index (χ1v) is 12.1. The average molecular weight is 454 g/mol. The largest absolute Gasteiger partial charge is 0.468 e. The summed E-state index contributed by atoms with van der Waals surface area (Å²) in [5.74, 6) is 0.366. The van der Waals surface area contributed by atoms with Crippen molar-refractivity contribution in [3.8, 4) is 0 Å². The number of nitrogens with zero attached hydrogens (tertiary/aromatic N) is 2. The number of para-hydroxylation sites is 1. The molecule has 0 saturated carbocycles. The summed E-state index contributed by atoms with van der Waals surface area (Å²) >= 11 is 0. The number of carbonyl (C=O) groups excluding carboxylic acids is 1. The zero-order valence-electron chi connectivity index (χ0n) is 18.0. The van der Waals surface area contributed by atoms with Crippen molar-refractivity contribution in [1.82, 2.24) is 9.62 Å². The summed E-state index contributed by atoms with van der Waals surface area (Å²) in [6.07, 6.45) is 3.87. The van der Waals surface area contributed by atoms with Gasteiger partial charge in [0.05, 0.1) is 17.7 Å².